The molecule has 0 aliphatic carbocycles. The molecule has 3 nitrogen and oxygen atoms in total. The maximum absolute atomic E-state index is 5.58. The number of piperidine rings is 1. The predicted molar refractivity (Wildman–Crippen MR) is 76.7 cm³/mol. The first-order valence-corrected chi connectivity index (χ1v) is 7.08. The van der Waals surface area contributed by atoms with Gasteiger partial charge in [-0.1, -0.05) is 30.3 Å². The molecular formula is C15H25N3. The van der Waals surface area contributed by atoms with Crippen molar-refractivity contribution in [3.8, 4) is 0 Å². The van der Waals surface area contributed by atoms with Crippen molar-refractivity contribution in [3.05, 3.63) is 35.9 Å². The molecule has 1 aliphatic rings. The van der Waals surface area contributed by atoms with E-state index in [-0.39, 0.29) is 0 Å². The van der Waals surface area contributed by atoms with Crippen LogP contribution in [-0.2, 0) is 6.42 Å². The highest BCUT2D eigenvalue weighted by Crippen LogP contribution is 2.09. The van der Waals surface area contributed by atoms with Gasteiger partial charge >= 0.3 is 0 Å². The normalized spacial score (nSPS) is 18.1. The summed E-state index contributed by atoms with van der Waals surface area (Å²) in [6.45, 7) is 5.31. The van der Waals surface area contributed by atoms with Crippen LogP contribution in [0.4, 0.5) is 0 Å². The quantitative estimate of drug-likeness (QED) is 0.795. The van der Waals surface area contributed by atoms with E-state index in [1.807, 2.05) is 0 Å². The molecule has 0 bridgehead atoms. The molecular weight excluding hydrogens is 222 g/mol. The zero-order valence-corrected chi connectivity index (χ0v) is 11.1. The van der Waals surface area contributed by atoms with Crippen molar-refractivity contribution in [1.82, 2.24) is 10.2 Å². The van der Waals surface area contributed by atoms with Crippen LogP contribution in [0.1, 0.15) is 18.4 Å². The van der Waals surface area contributed by atoms with E-state index in [9.17, 15) is 0 Å². The van der Waals surface area contributed by atoms with Crippen LogP contribution >= 0.6 is 0 Å². The number of hydrogen-bond acceptors (Lipinski definition) is 3. The highest BCUT2D eigenvalue weighted by atomic mass is 15.1. The van der Waals surface area contributed by atoms with Gasteiger partial charge in [-0.25, -0.2) is 0 Å². The Kier molecular flexibility index (Phi) is 5.65. The highest BCUT2D eigenvalue weighted by molar-refractivity contribution is 5.14. The summed E-state index contributed by atoms with van der Waals surface area (Å²) >= 11 is 0. The molecule has 0 radical (unpaired) electrons. The minimum atomic E-state index is 0.697. The first kappa shape index (κ1) is 13.5. The van der Waals surface area contributed by atoms with Gasteiger partial charge in [0.1, 0.15) is 0 Å². The van der Waals surface area contributed by atoms with Gasteiger partial charge in [0.05, 0.1) is 0 Å². The Morgan fingerprint density at radius 3 is 2.56 bits per heavy atom. The van der Waals surface area contributed by atoms with E-state index in [1.54, 1.807) is 0 Å². The Labute approximate surface area is 110 Å². The third kappa shape index (κ3) is 4.41. The zero-order chi connectivity index (χ0) is 12.6. The van der Waals surface area contributed by atoms with E-state index in [0.717, 1.165) is 26.1 Å². The fourth-order valence-electron chi connectivity index (χ4n) is 2.61. The number of benzene rings is 1. The second kappa shape index (κ2) is 7.52. The average molecular weight is 247 g/mol. The van der Waals surface area contributed by atoms with Crippen LogP contribution in [0.25, 0.3) is 0 Å². The largest absolute Gasteiger partial charge is 0.329 e. The van der Waals surface area contributed by atoms with Gasteiger partial charge in [-0.3, -0.25) is 0 Å². The molecule has 1 fully saturated rings. The lowest BCUT2D eigenvalue weighted by Crippen LogP contribution is -2.44. The summed E-state index contributed by atoms with van der Waals surface area (Å²) in [4.78, 5) is 2.47. The van der Waals surface area contributed by atoms with E-state index < -0.39 is 0 Å². The van der Waals surface area contributed by atoms with Crippen molar-refractivity contribution < 1.29 is 0 Å². The molecule has 0 atom stereocenters. The first-order chi connectivity index (χ1) is 8.88. The Balaban J connectivity index is 1.61. The molecule has 3 N–H and O–H groups in total. The molecule has 2 rings (SSSR count). The van der Waals surface area contributed by atoms with Gasteiger partial charge in [-0.05, 0) is 44.5 Å². The zero-order valence-electron chi connectivity index (χ0n) is 11.1. The van der Waals surface area contributed by atoms with Crippen molar-refractivity contribution >= 4 is 0 Å². The molecule has 1 aromatic carbocycles. The van der Waals surface area contributed by atoms with Crippen molar-refractivity contribution in [3.63, 3.8) is 0 Å². The summed E-state index contributed by atoms with van der Waals surface area (Å²) in [6, 6.07) is 11.4. The fraction of sp³-hybridized carbons (Fsp3) is 0.600. The van der Waals surface area contributed by atoms with Crippen LogP contribution in [0.2, 0.25) is 0 Å². The van der Waals surface area contributed by atoms with Crippen LogP contribution in [0.5, 0.6) is 0 Å². The lowest BCUT2D eigenvalue weighted by atomic mass is 10.0. The summed E-state index contributed by atoms with van der Waals surface area (Å²) in [5.41, 5.74) is 7.00. The smallest absolute Gasteiger partial charge is 0.0105 e. The molecule has 0 unspecified atom stereocenters. The maximum atomic E-state index is 5.58. The number of hydrogen-bond donors (Lipinski definition) is 2. The Morgan fingerprint density at radius 1 is 1.17 bits per heavy atom. The average Bonchev–Trinajstić information content (AvgIpc) is 2.42. The summed E-state index contributed by atoms with van der Waals surface area (Å²) in [7, 11) is 0. The molecule has 0 amide bonds. The van der Waals surface area contributed by atoms with Gasteiger partial charge in [0.15, 0.2) is 0 Å². The minimum absolute atomic E-state index is 0.697. The van der Waals surface area contributed by atoms with Crippen LogP contribution in [0, 0.1) is 0 Å². The van der Waals surface area contributed by atoms with Gasteiger partial charge in [-0.15, -0.1) is 0 Å². The molecule has 3 heteroatoms. The second-order valence-corrected chi connectivity index (χ2v) is 5.09. The number of rotatable bonds is 6. The number of nitrogens with two attached hydrogens (primary N) is 1. The lowest BCUT2D eigenvalue weighted by molar-refractivity contribution is 0.203. The molecule has 0 aromatic heterocycles. The summed E-state index contributed by atoms with van der Waals surface area (Å²) < 4.78 is 0. The molecule has 18 heavy (non-hydrogen) atoms. The molecule has 1 heterocycles. The van der Waals surface area contributed by atoms with Gasteiger partial charge in [0.2, 0.25) is 0 Å². The van der Waals surface area contributed by atoms with Gasteiger partial charge in [0.25, 0.3) is 0 Å². The number of likely N-dealkylation sites (tertiary alicyclic amines) is 1. The topological polar surface area (TPSA) is 41.3 Å². The van der Waals surface area contributed by atoms with E-state index in [0.29, 0.717) is 6.04 Å². The second-order valence-electron chi connectivity index (χ2n) is 5.09. The lowest BCUT2D eigenvalue weighted by Gasteiger charge is -2.32. The van der Waals surface area contributed by atoms with Crippen LogP contribution in [0.15, 0.2) is 30.3 Å². The third-order valence-corrected chi connectivity index (χ3v) is 3.72. The van der Waals surface area contributed by atoms with Crippen LogP contribution in [0.3, 0.4) is 0 Å². The fourth-order valence-corrected chi connectivity index (χ4v) is 2.61. The summed E-state index contributed by atoms with van der Waals surface area (Å²) in [5, 5.41) is 3.67. The Morgan fingerprint density at radius 2 is 1.89 bits per heavy atom. The van der Waals surface area contributed by atoms with Gasteiger partial charge in [-0.2, -0.15) is 0 Å². The van der Waals surface area contributed by atoms with Gasteiger partial charge < -0.3 is 16.0 Å². The minimum Gasteiger partial charge on any atom is -0.329 e. The maximum Gasteiger partial charge on any atom is 0.0105 e. The Bertz CT molecular complexity index is 318. The molecule has 0 spiro atoms. The van der Waals surface area contributed by atoms with Crippen molar-refractivity contribution in [2.75, 3.05) is 32.7 Å². The van der Waals surface area contributed by atoms with Crippen molar-refractivity contribution in [2.24, 2.45) is 5.73 Å². The standard InChI is InChI=1S/C15H25N3/c16-9-13-18-11-7-15(8-12-18)17-10-6-14-4-2-1-3-5-14/h1-5,15,17H,6-13,16H2. The summed E-state index contributed by atoms with van der Waals surface area (Å²) in [6.07, 6.45) is 3.65. The van der Waals surface area contributed by atoms with Crippen molar-refractivity contribution in [2.45, 2.75) is 25.3 Å². The van der Waals surface area contributed by atoms with E-state index >= 15 is 0 Å². The van der Waals surface area contributed by atoms with Crippen molar-refractivity contribution in [1.29, 1.82) is 0 Å². The van der Waals surface area contributed by atoms with E-state index in [2.05, 4.69) is 40.5 Å². The number of nitrogens with zero attached hydrogens (tertiary/aromatic N) is 1. The van der Waals surface area contributed by atoms with Crippen LogP contribution in [-0.4, -0.2) is 43.7 Å². The van der Waals surface area contributed by atoms with E-state index in [1.165, 1.54) is 31.5 Å². The van der Waals surface area contributed by atoms with Crippen LogP contribution < -0.4 is 11.1 Å². The Hall–Kier alpha value is -0.900. The monoisotopic (exact) mass is 247 g/mol. The molecule has 1 saturated heterocycles. The molecule has 1 aliphatic heterocycles. The third-order valence-electron chi connectivity index (χ3n) is 3.72. The predicted octanol–water partition coefficient (Wildman–Crippen LogP) is 1.24. The first-order valence-electron chi connectivity index (χ1n) is 7.08. The summed E-state index contributed by atoms with van der Waals surface area (Å²) in [5.74, 6) is 0. The van der Waals surface area contributed by atoms with Gasteiger partial charge in [0, 0.05) is 19.1 Å². The highest BCUT2D eigenvalue weighted by Gasteiger charge is 2.17. The van der Waals surface area contributed by atoms with E-state index in [4.69, 9.17) is 5.73 Å². The number of nitrogens with one attached hydrogen (secondary N) is 1. The molecule has 100 valence electrons. The molecule has 0 saturated carbocycles. The SMILES string of the molecule is NCCN1CCC(NCCc2ccccc2)CC1. The molecule has 1 aromatic rings.